The molecule has 0 saturated heterocycles. The smallest absolute Gasteiger partial charge is 0.251 e. The summed E-state index contributed by atoms with van der Waals surface area (Å²) in [5.74, 6) is 0.794. The number of nitrogens with one attached hydrogen (secondary N) is 1. The lowest BCUT2D eigenvalue weighted by atomic mass is 10.1. The maximum atomic E-state index is 12.0. The molecule has 1 rings (SSSR count). The fourth-order valence-corrected chi connectivity index (χ4v) is 1.95. The summed E-state index contributed by atoms with van der Waals surface area (Å²) in [5, 5.41) is 3.03. The third-order valence-corrected chi connectivity index (χ3v) is 3.05. The van der Waals surface area contributed by atoms with Gasteiger partial charge in [-0.1, -0.05) is 26.2 Å². The highest BCUT2D eigenvalue weighted by Crippen LogP contribution is 2.12. The SMILES string of the molecule is CCCCC[C@@H](C)NC(=O)c1ccc(OCC)cc1. The first-order valence-corrected chi connectivity index (χ1v) is 7.21. The van der Waals surface area contributed by atoms with Gasteiger partial charge in [0.25, 0.3) is 5.91 Å². The van der Waals surface area contributed by atoms with Gasteiger partial charge < -0.3 is 10.1 Å². The maximum Gasteiger partial charge on any atom is 0.251 e. The van der Waals surface area contributed by atoms with Crippen molar-refractivity contribution in [1.29, 1.82) is 0 Å². The van der Waals surface area contributed by atoms with Crippen molar-refractivity contribution in [3.05, 3.63) is 29.8 Å². The monoisotopic (exact) mass is 263 g/mol. The highest BCUT2D eigenvalue weighted by molar-refractivity contribution is 5.94. The van der Waals surface area contributed by atoms with Crippen LogP contribution in [0.1, 0.15) is 56.8 Å². The van der Waals surface area contributed by atoms with Gasteiger partial charge in [0.1, 0.15) is 5.75 Å². The molecule has 1 aromatic carbocycles. The average Bonchev–Trinajstić information content (AvgIpc) is 2.40. The summed E-state index contributed by atoms with van der Waals surface area (Å²) in [7, 11) is 0. The molecule has 0 aliphatic carbocycles. The van der Waals surface area contributed by atoms with Crippen molar-refractivity contribution in [2.24, 2.45) is 0 Å². The average molecular weight is 263 g/mol. The summed E-state index contributed by atoms with van der Waals surface area (Å²) in [5.41, 5.74) is 0.686. The van der Waals surface area contributed by atoms with Crippen LogP contribution in [0.4, 0.5) is 0 Å². The number of benzene rings is 1. The molecule has 106 valence electrons. The zero-order chi connectivity index (χ0) is 14.1. The maximum absolute atomic E-state index is 12.0. The van der Waals surface area contributed by atoms with E-state index in [1.165, 1.54) is 19.3 Å². The number of unbranched alkanes of at least 4 members (excludes halogenated alkanes) is 2. The molecule has 1 atom stereocenters. The summed E-state index contributed by atoms with van der Waals surface area (Å²) in [6, 6.07) is 7.50. The molecule has 0 radical (unpaired) electrons. The first-order valence-electron chi connectivity index (χ1n) is 7.21. The third-order valence-electron chi connectivity index (χ3n) is 3.05. The molecule has 19 heavy (non-hydrogen) atoms. The highest BCUT2D eigenvalue weighted by Gasteiger charge is 2.09. The Bertz CT molecular complexity index is 373. The largest absolute Gasteiger partial charge is 0.494 e. The zero-order valence-electron chi connectivity index (χ0n) is 12.2. The number of amides is 1. The van der Waals surface area contributed by atoms with E-state index in [-0.39, 0.29) is 11.9 Å². The van der Waals surface area contributed by atoms with E-state index in [1.54, 1.807) is 12.1 Å². The Morgan fingerprint density at radius 1 is 1.21 bits per heavy atom. The van der Waals surface area contributed by atoms with Gasteiger partial charge in [-0.3, -0.25) is 4.79 Å². The van der Waals surface area contributed by atoms with Crippen LogP contribution in [0.3, 0.4) is 0 Å². The lowest BCUT2D eigenvalue weighted by Crippen LogP contribution is -2.32. The first-order chi connectivity index (χ1) is 9.17. The van der Waals surface area contributed by atoms with Crippen molar-refractivity contribution in [3.8, 4) is 5.75 Å². The van der Waals surface area contributed by atoms with Gasteiger partial charge in [-0.25, -0.2) is 0 Å². The Balaban J connectivity index is 2.44. The van der Waals surface area contributed by atoms with Crippen molar-refractivity contribution >= 4 is 5.91 Å². The minimum absolute atomic E-state index is 0.00736. The molecule has 0 bridgehead atoms. The van der Waals surface area contributed by atoms with E-state index in [2.05, 4.69) is 19.2 Å². The number of rotatable bonds is 8. The summed E-state index contributed by atoms with van der Waals surface area (Å²) in [6.07, 6.45) is 4.64. The van der Waals surface area contributed by atoms with Crippen LogP contribution in [0.15, 0.2) is 24.3 Å². The normalized spacial score (nSPS) is 11.9. The molecule has 0 aliphatic heterocycles. The van der Waals surface area contributed by atoms with Gasteiger partial charge in [-0.15, -0.1) is 0 Å². The van der Waals surface area contributed by atoms with Gasteiger partial charge in [0.05, 0.1) is 6.61 Å². The number of hydrogen-bond donors (Lipinski definition) is 1. The molecule has 3 heteroatoms. The summed E-state index contributed by atoms with van der Waals surface area (Å²) in [6.45, 7) is 6.82. The standard InChI is InChI=1S/C16H25NO2/c1-4-6-7-8-13(3)17-16(18)14-9-11-15(12-10-14)19-5-2/h9-13H,4-8H2,1-3H3,(H,17,18)/t13-/m1/s1. The Morgan fingerprint density at radius 3 is 2.47 bits per heavy atom. The van der Waals surface area contributed by atoms with E-state index >= 15 is 0 Å². The van der Waals surface area contributed by atoms with Crippen molar-refractivity contribution in [1.82, 2.24) is 5.32 Å². The Labute approximate surface area is 116 Å². The van der Waals surface area contributed by atoms with E-state index in [0.717, 1.165) is 12.2 Å². The molecule has 1 N–H and O–H groups in total. The van der Waals surface area contributed by atoms with Gasteiger partial charge >= 0.3 is 0 Å². The lowest BCUT2D eigenvalue weighted by Gasteiger charge is -2.13. The van der Waals surface area contributed by atoms with E-state index < -0.39 is 0 Å². The molecule has 0 spiro atoms. The zero-order valence-corrected chi connectivity index (χ0v) is 12.2. The molecule has 0 unspecified atom stereocenters. The second-order valence-electron chi connectivity index (χ2n) is 4.83. The van der Waals surface area contributed by atoms with Crippen LogP contribution in [0, 0.1) is 0 Å². The van der Waals surface area contributed by atoms with Crippen LogP contribution in [0.2, 0.25) is 0 Å². The van der Waals surface area contributed by atoms with Gasteiger partial charge in [0, 0.05) is 11.6 Å². The minimum atomic E-state index is -0.00736. The number of ether oxygens (including phenoxy) is 1. The summed E-state index contributed by atoms with van der Waals surface area (Å²) < 4.78 is 5.36. The summed E-state index contributed by atoms with van der Waals surface area (Å²) in [4.78, 5) is 12.0. The van der Waals surface area contributed by atoms with E-state index in [0.29, 0.717) is 12.2 Å². The molecule has 0 heterocycles. The van der Waals surface area contributed by atoms with E-state index in [9.17, 15) is 4.79 Å². The molecular formula is C16H25NO2. The number of carbonyl (C=O) groups is 1. The molecule has 0 fully saturated rings. The van der Waals surface area contributed by atoms with Crippen molar-refractivity contribution in [2.45, 2.75) is 52.5 Å². The van der Waals surface area contributed by atoms with Crippen molar-refractivity contribution < 1.29 is 9.53 Å². The third kappa shape index (κ3) is 5.77. The predicted molar refractivity (Wildman–Crippen MR) is 78.7 cm³/mol. The fraction of sp³-hybridized carbons (Fsp3) is 0.562. The second-order valence-corrected chi connectivity index (χ2v) is 4.83. The summed E-state index contributed by atoms with van der Waals surface area (Å²) >= 11 is 0. The van der Waals surface area contributed by atoms with Gasteiger partial charge in [-0.05, 0) is 44.5 Å². The lowest BCUT2D eigenvalue weighted by molar-refractivity contribution is 0.0938. The van der Waals surface area contributed by atoms with Crippen LogP contribution < -0.4 is 10.1 Å². The Hall–Kier alpha value is -1.51. The molecule has 0 saturated carbocycles. The molecule has 0 aliphatic rings. The number of carbonyl (C=O) groups excluding carboxylic acids is 1. The molecule has 1 aromatic rings. The van der Waals surface area contributed by atoms with Gasteiger partial charge in [0.2, 0.25) is 0 Å². The fourth-order valence-electron chi connectivity index (χ4n) is 1.95. The van der Waals surface area contributed by atoms with E-state index in [4.69, 9.17) is 4.74 Å². The van der Waals surface area contributed by atoms with Crippen LogP contribution in [0.25, 0.3) is 0 Å². The van der Waals surface area contributed by atoms with Crippen LogP contribution in [-0.4, -0.2) is 18.6 Å². The van der Waals surface area contributed by atoms with Crippen LogP contribution in [-0.2, 0) is 0 Å². The second kappa shape index (κ2) is 8.57. The van der Waals surface area contributed by atoms with Crippen LogP contribution >= 0.6 is 0 Å². The molecule has 3 nitrogen and oxygen atoms in total. The number of hydrogen-bond acceptors (Lipinski definition) is 2. The van der Waals surface area contributed by atoms with E-state index in [1.807, 2.05) is 19.1 Å². The van der Waals surface area contributed by atoms with Crippen molar-refractivity contribution in [3.63, 3.8) is 0 Å². The Morgan fingerprint density at radius 2 is 1.89 bits per heavy atom. The minimum Gasteiger partial charge on any atom is -0.494 e. The highest BCUT2D eigenvalue weighted by atomic mass is 16.5. The van der Waals surface area contributed by atoms with Gasteiger partial charge in [0.15, 0.2) is 0 Å². The van der Waals surface area contributed by atoms with Crippen LogP contribution in [0.5, 0.6) is 5.75 Å². The van der Waals surface area contributed by atoms with Crippen molar-refractivity contribution in [2.75, 3.05) is 6.61 Å². The Kier molecular flexibility index (Phi) is 7.01. The van der Waals surface area contributed by atoms with Gasteiger partial charge in [-0.2, -0.15) is 0 Å². The molecular weight excluding hydrogens is 238 g/mol. The molecule has 1 amide bonds. The quantitative estimate of drug-likeness (QED) is 0.725. The molecule has 0 aromatic heterocycles. The topological polar surface area (TPSA) is 38.3 Å². The first kappa shape index (κ1) is 15.5. The predicted octanol–water partition coefficient (Wildman–Crippen LogP) is 3.78.